The van der Waals surface area contributed by atoms with Gasteiger partial charge in [-0.3, -0.25) is 0 Å². The van der Waals surface area contributed by atoms with Gasteiger partial charge in [0.1, 0.15) is 15.7 Å². The van der Waals surface area contributed by atoms with E-state index >= 15 is 0 Å². The molecule has 0 spiro atoms. The summed E-state index contributed by atoms with van der Waals surface area (Å²) in [6.45, 7) is 3.02. The Kier molecular flexibility index (Phi) is 5.02. The lowest BCUT2D eigenvalue weighted by atomic mass is 9.93. The van der Waals surface area contributed by atoms with Crippen LogP contribution in [0.3, 0.4) is 0 Å². The molecule has 0 aliphatic carbocycles. The van der Waals surface area contributed by atoms with Crippen LogP contribution in [0.4, 0.5) is 0 Å². The monoisotopic (exact) mass is 335 g/mol. The highest BCUT2D eigenvalue weighted by Crippen LogP contribution is 2.22. The van der Waals surface area contributed by atoms with E-state index < -0.39 is 9.84 Å². The number of H-pyrrole nitrogens is 1. The number of piperidine rings is 1. The van der Waals surface area contributed by atoms with Gasteiger partial charge in [-0.05, 0) is 56.9 Å². The summed E-state index contributed by atoms with van der Waals surface area (Å²) in [7, 11) is -2.83. The lowest BCUT2D eigenvalue weighted by molar-refractivity contribution is 0.183. The zero-order valence-corrected chi connectivity index (χ0v) is 14.5. The largest absolute Gasteiger partial charge is 0.342 e. The normalized spacial score (nSPS) is 17.8. The molecule has 23 heavy (non-hydrogen) atoms. The highest BCUT2D eigenvalue weighted by molar-refractivity contribution is 7.90. The first-order valence-corrected chi connectivity index (χ1v) is 10.4. The van der Waals surface area contributed by atoms with Crippen molar-refractivity contribution >= 4 is 20.9 Å². The number of aromatic nitrogens is 2. The zero-order valence-electron chi connectivity index (χ0n) is 13.7. The van der Waals surface area contributed by atoms with Crippen molar-refractivity contribution < 1.29 is 8.42 Å². The van der Waals surface area contributed by atoms with Gasteiger partial charge in [0.15, 0.2) is 0 Å². The maximum Gasteiger partial charge on any atom is 0.147 e. The number of nitrogens with zero attached hydrogens (tertiary/aromatic N) is 2. The Balaban J connectivity index is 1.45. The molecule has 1 aliphatic rings. The second-order valence-electron chi connectivity index (χ2n) is 6.67. The first-order valence-electron chi connectivity index (χ1n) is 8.33. The first-order chi connectivity index (χ1) is 11.0. The molecular weight excluding hydrogens is 310 g/mol. The summed E-state index contributed by atoms with van der Waals surface area (Å²) in [5.41, 5.74) is 2.15. The third kappa shape index (κ3) is 4.78. The molecule has 1 aliphatic heterocycles. The Morgan fingerprint density at radius 1 is 1.26 bits per heavy atom. The number of sulfone groups is 1. The van der Waals surface area contributed by atoms with Crippen LogP contribution >= 0.6 is 0 Å². The van der Waals surface area contributed by atoms with Gasteiger partial charge in [-0.15, -0.1) is 0 Å². The van der Waals surface area contributed by atoms with Crippen molar-refractivity contribution in [1.29, 1.82) is 0 Å². The highest BCUT2D eigenvalue weighted by Gasteiger charge is 2.20. The molecule has 0 radical (unpaired) electrons. The van der Waals surface area contributed by atoms with Gasteiger partial charge in [0.25, 0.3) is 0 Å². The van der Waals surface area contributed by atoms with E-state index in [2.05, 4.69) is 20.9 Å². The molecule has 1 aromatic heterocycles. The molecular formula is C17H25N3O2S. The zero-order chi connectivity index (χ0) is 16.3. The van der Waals surface area contributed by atoms with Crippen LogP contribution in [-0.2, 0) is 16.3 Å². The molecule has 2 aromatic rings. The highest BCUT2D eigenvalue weighted by atomic mass is 32.2. The third-order valence-electron chi connectivity index (χ3n) is 4.62. The van der Waals surface area contributed by atoms with Crippen molar-refractivity contribution in [3.8, 4) is 0 Å². The molecule has 3 rings (SSSR count). The number of para-hydroxylation sites is 2. The predicted octanol–water partition coefficient (Wildman–Crippen LogP) is 2.25. The second kappa shape index (κ2) is 7.01. The number of hydrogen-bond donors (Lipinski definition) is 1. The molecule has 0 unspecified atom stereocenters. The van der Waals surface area contributed by atoms with Crippen molar-refractivity contribution in [1.82, 2.24) is 14.9 Å². The van der Waals surface area contributed by atoms with Gasteiger partial charge in [-0.2, -0.15) is 0 Å². The van der Waals surface area contributed by atoms with Crippen LogP contribution in [0, 0.1) is 5.92 Å². The summed E-state index contributed by atoms with van der Waals surface area (Å²) in [6, 6.07) is 8.15. The van der Waals surface area contributed by atoms with Crippen LogP contribution in [-0.4, -0.2) is 54.9 Å². The molecule has 0 bridgehead atoms. The molecule has 2 heterocycles. The van der Waals surface area contributed by atoms with Gasteiger partial charge < -0.3 is 9.88 Å². The summed E-state index contributed by atoms with van der Waals surface area (Å²) >= 11 is 0. The number of rotatable bonds is 6. The fraction of sp³-hybridized carbons (Fsp3) is 0.588. The SMILES string of the molecule is CS(=O)(=O)CCCN1CCC(Cc2nc3ccccc3[nH]2)CC1. The van der Waals surface area contributed by atoms with Crippen molar-refractivity contribution in [2.45, 2.75) is 25.7 Å². The maximum absolute atomic E-state index is 11.2. The van der Waals surface area contributed by atoms with E-state index in [9.17, 15) is 8.42 Å². The smallest absolute Gasteiger partial charge is 0.147 e. The number of hydrogen-bond acceptors (Lipinski definition) is 4. The Labute approximate surface area is 138 Å². The van der Waals surface area contributed by atoms with Crippen LogP contribution in [0.1, 0.15) is 25.1 Å². The van der Waals surface area contributed by atoms with E-state index in [1.807, 2.05) is 18.2 Å². The standard InChI is InChI=1S/C17H25N3O2S/c1-23(21,22)12-4-9-20-10-7-14(8-11-20)13-17-18-15-5-2-3-6-16(15)19-17/h2-3,5-6,14H,4,7-13H2,1H3,(H,18,19). The van der Waals surface area contributed by atoms with Crippen LogP contribution < -0.4 is 0 Å². The summed E-state index contributed by atoms with van der Waals surface area (Å²) in [5, 5.41) is 0. The summed E-state index contributed by atoms with van der Waals surface area (Å²) in [4.78, 5) is 10.5. The van der Waals surface area contributed by atoms with E-state index in [1.54, 1.807) is 0 Å². The summed E-state index contributed by atoms with van der Waals surface area (Å²) in [5.74, 6) is 2.05. The Hall–Kier alpha value is -1.40. The average molecular weight is 335 g/mol. The Bertz CT molecular complexity index is 713. The van der Waals surface area contributed by atoms with E-state index in [1.165, 1.54) is 6.26 Å². The van der Waals surface area contributed by atoms with E-state index in [-0.39, 0.29) is 0 Å². The predicted molar refractivity (Wildman–Crippen MR) is 93.3 cm³/mol. The number of nitrogens with one attached hydrogen (secondary N) is 1. The van der Waals surface area contributed by atoms with Crippen molar-refractivity contribution in [2.75, 3.05) is 31.6 Å². The molecule has 6 heteroatoms. The fourth-order valence-electron chi connectivity index (χ4n) is 3.34. The van der Waals surface area contributed by atoms with Crippen LogP contribution in [0.2, 0.25) is 0 Å². The average Bonchev–Trinajstić information content (AvgIpc) is 2.90. The minimum absolute atomic E-state index is 0.298. The second-order valence-corrected chi connectivity index (χ2v) is 8.93. The summed E-state index contributed by atoms with van der Waals surface area (Å²) < 4.78 is 22.3. The van der Waals surface area contributed by atoms with Gasteiger partial charge in [-0.1, -0.05) is 12.1 Å². The van der Waals surface area contributed by atoms with Crippen LogP contribution in [0.5, 0.6) is 0 Å². The van der Waals surface area contributed by atoms with Gasteiger partial charge in [0.2, 0.25) is 0 Å². The van der Waals surface area contributed by atoms with Gasteiger partial charge >= 0.3 is 0 Å². The molecule has 1 fully saturated rings. The minimum Gasteiger partial charge on any atom is -0.342 e. The minimum atomic E-state index is -2.83. The van der Waals surface area contributed by atoms with Gasteiger partial charge in [0, 0.05) is 12.7 Å². The Morgan fingerprint density at radius 3 is 2.70 bits per heavy atom. The molecule has 1 aromatic carbocycles. The molecule has 0 atom stereocenters. The number of aromatic amines is 1. The van der Waals surface area contributed by atoms with Crippen molar-refractivity contribution in [3.05, 3.63) is 30.1 Å². The molecule has 126 valence electrons. The quantitative estimate of drug-likeness (QED) is 0.879. The third-order valence-corrected chi connectivity index (χ3v) is 5.65. The van der Waals surface area contributed by atoms with E-state index in [0.29, 0.717) is 11.7 Å². The molecule has 5 nitrogen and oxygen atoms in total. The van der Waals surface area contributed by atoms with Crippen molar-refractivity contribution in [3.63, 3.8) is 0 Å². The van der Waals surface area contributed by atoms with E-state index in [4.69, 9.17) is 0 Å². The maximum atomic E-state index is 11.2. The molecule has 0 saturated carbocycles. The molecule has 0 amide bonds. The lowest BCUT2D eigenvalue weighted by Crippen LogP contribution is -2.35. The fourth-order valence-corrected chi connectivity index (χ4v) is 3.99. The number of likely N-dealkylation sites (tertiary alicyclic amines) is 1. The molecule has 1 saturated heterocycles. The number of imidazole rings is 1. The number of fused-ring (bicyclic) bond motifs is 1. The Morgan fingerprint density at radius 2 is 2.00 bits per heavy atom. The van der Waals surface area contributed by atoms with Gasteiger partial charge in [-0.25, -0.2) is 13.4 Å². The van der Waals surface area contributed by atoms with Crippen molar-refractivity contribution in [2.24, 2.45) is 5.92 Å². The van der Waals surface area contributed by atoms with E-state index in [0.717, 1.165) is 62.2 Å². The van der Waals surface area contributed by atoms with Gasteiger partial charge in [0.05, 0.1) is 16.8 Å². The molecule has 1 N–H and O–H groups in total. The lowest BCUT2D eigenvalue weighted by Gasteiger charge is -2.31. The first kappa shape index (κ1) is 16.5. The van der Waals surface area contributed by atoms with Crippen LogP contribution in [0.15, 0.2) is 24.3 Å². The summed E-state index contributed by atoms with van der Waals surface area (Å²) in [6.07, 6.45) is 5.39. The topological polar surface area (TPSA) is 66.1 Å². The van der Waals surface area contributed by atoms with Crippen LogP contribution in [0.25, 0.3) is 11.0 Å². The number of benzene rings is 1.